The number of hydrogen-bond donors (Lipinski definition) is 1. The highest BCUT2D eigenvalue weighted by Gasteiger charge is 2.36. The summed E-state index contributed by atoms with van der Waals surface area (Å²) in [4.78, 5) is 4.27. The van der Waals surface area contributed by atoms with Crippen LogP contribution in [0, 0.1) is 5.92 Å². The fourth-order valence-corrected chi connectivity index (χ4v) is 2.22. The molecule has 0 bridgehead atoms. The van der Waals surface area contributed by atoms with E-state index in [1.807, 2.05) is 24.4 Å². The molecule has 0 spiro atoms. The molecule has 18 heavy (non-hydrogen) atoms. The van der Waals surface area contributed by atoms with Gasteiger partial charge >= 0.3 is 0 Å². The summed E-state index contributed by atoms with van der Waals surface area (Å²) in [5, 5.41) is 3.35. The maximum absolute atomic E-state index is 5.83. The minimum Gasteiger partial charge on any atom is -0.464 e. The van der Waals surface area contributed by atoms with Gasteiger partial charge < -0.3 is 9.73 Å². The number of hydrogen-bond acceptors (Lipinski definition) is 3. The summed E-state index contributed by atoms with van der Waals surface area (Å²) in [6.45, 7) is 3.81. The number of aromatic nitrogens is 1. The van der Waals surface area contributed by atoms with Crippen molar-refractivity contribution in [3.8, 4) is 0 Å². The molecular weight excluding hydrogens is 224 g/mol. The van der Waals surface area contributed by atoms with E-state index >= 15 is 0 Å². The third-order valence-electron chi connectivity index (χ3n) is 3.49. The van der Waals surface area contributed by atoms with Crippen molar-refractivity contribution in [2.75, 3.05) is 0 Å². The predicted octanol–water partition coefficient (Wildman–Crippen LogP) is 3.09. The van der Waals surface area contributed by atoms with Crippen LogP contribution >= 0.6 is 0 Å². The lowest BCUT2D eigenvalue weighted by Crippen LogP contribution is -2.12. The van der Waals surface area contributed by atoms with Crippen molar-refractivity contribution in [1.29, 1.82) is 0 Å². The summed E-state index contributed by atoms with van der Waals surface area (Å²) in [5.74, 6) is 3.62. The summed E-state index contributed by atoms with van der Waals surface area (Å²) >= 11 is 0. The summed E-state index contributed by atoms with van der Waals surface area (Å²) in [5.41, 5.74) is 1.06. The molecule has 2 unspecified atom stereocenters. The van der Waals surface area contributed by atoms with E-state index in [0.29, 0.717) is 5.92 Å². The maximum Gasteiger partial charge on any atom is 0.117 e. The summed E-state index contributed by atoms with van der Waals surface area (Å²) in [6, 6.07) is 10.1. The van der Waals surface area contributed by atoms with Gasteiger partial charge in [-0.1, -0.05) is 13.0 Å². The zero-order valence-electron chi connectivity index (χ0n) is 10.6. The standard InChI is InChI=1S/C15H18N2O/c1-11-8-14(11)15-6-5-13(18-15)10-16-9-12-4-2-3-7-17-12/h2-7,11,14,16H,8-10H2,1H3. The Morgan fingerprint density at radius 3 is 2.89 bits per heavy atom. The highest BCUT2D eigenvalue weighted by Crippen LogP contribution is 2.47. The molecule has 2 heterocycles. The monoisotopic (exact) mass is 242 g/mol. The van der Waals surface area contributed by atoms with Crippen LogP contribution in [-0.2, 0) is 13.1 Å². The van der Waals surface area contributed by atoms with Gasteiger partial charge in [0.2, 0.25) is 0 Å². The summed E-state index contributed by atoms with van der Waals surface area (Å²) < 4.78 is 5.83. The second-order valence-electron chi connectivity index (χ2n) is 5.05. The Morgan fingerprint density at radius 1 is 1.28 bits per heavy atom. The van der Waals surface area contributed by atoms with Crippen molar-refractivity contribution >= 4 is 0 Å². The van der Waals surface area contributed by atoms with E-state index < -0.39 is 0 Å². The smallest absolute Gasteiger partial charge is 0.117 e. The van der Waals surface area contributed by atoms with Crippen LogP contribution in [0.2, 0.25) is 0 Å². The van der Waals surface area contributed by atoms with Crippen molar-refractivity contribution in [1.82, 2.24) is 10.3 Å². The van der Waals surface area contributed by atoms with E-state index in [4.69, 9.17) is 4.42 Å². The average molecular weight is 242 g/mol. The number of nitrogens with one attached hydrogen (secondary N) is 1. The fraction of sp³-hybridized carbons (Fsp3) is 0.400. The molecule has 3 rings (SSSR count). The lowest BCUT2D eigenvalue weighted by atomic mass is 10.3. The molecule has 0 aliphatic heterocycles. The van der Waals surface area contributed by atoms with Gasteiger partial charge in [0.15, 0.2) is 0 Å². The number of furan rings is 1. The van der Waals surface area contributed by atoms with Gasteiger partial charge in [-0.3, -0.25) is 4.98 Å². The summed E-state index contributed by atoms with van der Waals surface area (Å²) in [6.07, 6.45) is 3.09. The summed E-state index contributed by atoms with van der Waals surface area (Å²) in [7, 11) is 0. The molecule has 0 radical (unpaired) electrons. The first kappa shape index (κ1) is 11.5. The first-order chi connectivity index (χ1) is 8.83. The molecule has 2 atom stereocenters. The van der Waals surface area contributed by atoms with Crippen LogP contribution in [0.3, 0.4) is 0 Å². The minimum absolute atomic E-state index is 0.662. The molecule has 0 saturated heterocycles. The molecular formula is C15H18N2O. The van der Waals surface area contributed by atoms with Gasteiger partial charge in [-0.15, -0.1) is 0 Å². The van der Waals surface area contributed by atoms with Crippen LogP contribution in [0.25, 0.3) is 0 Å². The first-order valence-corrected chi connectivity index (χ1v) is 6.52. The molecule has 2 aromatic rings. The van der Waals surface area contributed by atoms with Crippen molar-refractivity contribution in [2.24, 2.45) is 5.92 Å². The van der Waals surface area contributed by atoms with E-state index in [-0.39, 0.29) is 0 Å². The van der Waals surface area contributed by atoms with Crippen molar-refractivity contribution < 1.29 is 4.42 Å². The second kappa shape index (κ2) is 4.94. The Bertz CT molecular complexity index is 506. The molecule has 3 heteroatoms. The van der Waals surface area contributed by atoms with Gasteiger partial charge in [0, 0.05) is 18.7 Å². The lowest BCUT2D eigenvalue weighted by molar-refractivity contribution is 0.443. The largest absolute Gasteiger partial charge is 0.464 e. The maximum atomic E-state index is 5.83. The Kier molecular flexibility index (Phi) is 3.15. The molecule has 1 saturated carbocycles. The zero-order valence-corrected chi connectivity index (χ0v) is 10.6. The van der Waals surface area contributed by atoms with E-state index in [2.05, 4.69) is 29.4 Å². The average Bonchev–Trinajstić information content (AvgIpc) is 2.94. The molecule has 0 aromatic carbocycles. The van der Waals surface area contributed by atoms with Crippen LogP contribution < -0.4 is 5.32 Å². The van der Waals surface area contributed by atoms with Gasteiger partial charge in [-0.25, -0.2) is 0 Å². The van der Waals surface area contributed by atoms with Crippen LogP contribution in [0.1, 0.15) is 36.5 Å². The third-order valence-corrected chi connectivity index (χ3v) is 3.49. The zero-order chi connectivity index (χ0) is 12.4. The van der Waals surface area contributed by atoms with Crippen molar-refractivity contribution in [2.45, 2.75) is 32.4 Å². The van der Waals surface area contributed by atoms with Crippen LogP contribution in [-0.4, -0.2) is 4.98 Å². The van der Waals surface area contributed by atoms with Crippen molar-refractivity contribution in [3.63, 3.8) is 0 Å². The quantitative estimate of drug-likeness (QED) is 0.875. The van der Waals surface area contributed by atoms with E-state index in [0.717, 1.165) is 36.2 Å². The number of rotatable bonds is 5. The lowest BCUT2D eigenvalue weighted by Gasteiger charge is -2.01. The first-order valence-electron chi connectivity index (χ1n) is 6.52. The minimum atomic E-state index is 0.662. The molecule has 94 valence electrons. The van der Waals surface area contributed by atoms with E-state index in [9.17, 15) is 0 Å². The molecule has 1 N–H and O–H groups in total. The highest BCUT2D eigenvalue weighted by atomic mass is 16.3. The highest BCUT2D eigenvalue weighted by molar-refractivity contribution is 5.17. The third kappa shape index (κ3) is 2.62. The topological polar surface area (TPSA) is 38.1 Å². The Morgan fingerprint density at radius 2 is 2.17 bits per heavy atom. The normalized spacial score (nSPS) is 22.1. The van der Waals surface area contributed by atoms with Crippen LogP contribution in [0.4, 0.5) is 0 Å². The Balaban J connectivity index is 1.50. The van der Waals surface area contributed by atoms with E-state index in [1.165, 1.54) is 6.42 Å². The number of nitrogens with zero attached hydrogens (tertiary/aromatic N) is 1. The van der Waals surface area contributed by atoms with Gasteiger partial charge in [-0.2, -0.15) is 0 Å². The Labute approximate surface area is 107 Å². The predicted molar refractivity (Wildman–Crippen MR) is 70.0 cm³/mol. The SMILES string of the molecule is CC1CC1c1ccc(CNCc2ccccn2)o1. The van der Waals surface area contributed by atoms with Gasteiger partial charge in [-0.05, 0) is 36.6 Å². The van der Waals surface area contributed by atoms with Gasteiger partial charge in [0.25, 0.3) is 0 Å². The van der Waals surface area contributed by atoms with Crippen molar-refractivity contribution in [3.05, 3.63) is 53.7 Å². The number of pyridine rings is 1. The molecule has 1 aliphatic carbocycles. The molecule has 2 aromatic heterocycles. The molecule has 3 nitrogen and oxygen atoms in total. The Hall–Kier alpha value is -1.61. The molecule has 1 fully saturated rings. The second-order valence-corrected chi connectivity index (χ2v) is 5.05. The van der Waals surface area contributed by atoms with Crippen LogP contribution in [0.15, 0.2) is 40.9 Å². The van der Waals surface area contributed by atoms with Crippen LogP contribution in [0.5, 0.6) is 0 Å². The molecule has 1 aliphatic rings. The van der Waals surface area contributed by atoms with E-state index in [1.54, 1.807) is 0 Å². The van der Waals surface area contributed by atoms with Gasteiger partial charge in [0.05, 0.1) is 12.2 Å². The van der Waals surface area contributed by atoms with Gasteiger partial charge in [0.1, 0.15) is 11.5 Å². The fourth-order valence-electron chi connectivity index (χ4n) is 2.22. The molecule has 0 amide bonds.